The van der Waals surface area contributed by atoms with Crippen molar-refractivity contribution in [2.24, 2.45) is 5.41 Å². The summed E-state index contributed by atoms with van der Waals surface area (Å²) in [6.07, 6.45) is 8.36. The molecule has 0 saturated heterocycles. The van der Waals surface area contributed by atoms with Crippen LogP contribution < -0.4 is 0 Å². The van der Waals surface area contributed by atoms with Crippen molar-refractivity contribution in [2.75, 3.05) is 32.3 Å². The molecule has 0 aliphatic rings. The standard InChI is InChI=1S/C16H33ClO2/c1-4-9-16(2,3)10-13-19-15-14-18-12-8-6-5-7-11-17/h4-15H2,1-3H3. The Bertz CT molecular complexity index is 184. The monoisotopic (exact) mass is 292 g/mol. The maximum atomic E-state index is 5.62. The summed E-state index contributed by atoms with van der Waals surface area (Å²) < 4.78 is 11.2. The third-order valence-electron chi connectivity index (χ3n) is 3.39. The van der Waals surface area contributed by atoms with Crippen LogP contribution in [0.1, 0.15) is 65.7 Å². The van der Waals surface area contributed by atoms with Crippen LogP contribution in [-0.4, -0.2) is 32.3 Å². The highest BCUT2D eigenvalue weighted by atomic mass is 35.5. The second-order valence-electron chi connectivity index (χ2n) is 5.99. The lowest BCUT2D eigenvalue weighted by Gasteiger charge is -2.23. The number of unbranched alkanes of at least 4 members (excludes halogenated alkanes) is 3. The van der Waals surface area contributed by atoms with Gasteiger partial charge in [0.1, 0.15) is 0 Å². The van der Waals surface area contributed by atoms with Crippen molar-refractivity contribution in [3.05, 3.63) is 0 Å². The Morgan fingerprint density at radius 2 is 1.42 bits per heavy atom. The molecule has 0 aromatic carbocycles. The minimum Gasteiger partial charge on any atom is -0.379 e. The van der Waals surface area contributed by atoms with Crippen LogP contribution in [0.5, 0.6) is 0 Å². The van der Waals surface area contributed by atoms with Crippen molar-refractivity contribution >= 4 is 11.6 Å². The molecule has 0 radical (unpaired) electrons. The van der Waals surface area contributed by atoms with Crippen LogP contribution in [0.2, 0.25) is 0 Å². The predicted molar refractivity (Wildman–Crippen MR) is 84.1 cm³/mol. The molecule has 0 aliphatic heterocycles. The first-order chi connectivity index (χ1) is 9.12. The maximum absolute atomic E-state index is 5.62. The van der Waals surface area contributed by atoms with E-state index in [-0.39, 0.29) is 0 Å². The lowest BCUT2D eigenvalue weighted by Crippen LogP contribution is -2.15. The SMILES string of the molecule is CCCC(C)(C)CCOCCOCCCCCCCl. The van der Waals surface area contributed by atoms with Gasteiger partial charge in [-0.2, -0.15) is 0 Å². The molecular weight excluding hydrogens is 260 g/mol. The van der Waals surface area contributed by atoms with Crippen LogP contribution in [0.4, 0.5) is 0 Å². The summed E-state index contributed by atoms with van der Waals surface area (Å²) in [5.74, 6) is 0.781. The molecule has 0 atom stereocenters. The van der Waals surface area contributed by atoms with E-state index in [2.05, 4.69) is 20.8 Å². The number of rotatable bonds is 14. The van der Waals surface area contributed by atoms with Crippen molar-refractivity contribution < 1.29 is 9.47 Å². The summed E-state index contributed by atoms with van der Waals surface area (Å²) in [5, 5.41) is 0. The van der Waals surface area contributed by atoms with Crippen molar-refractivity contribution in [2.45, 2.75) is 65.7 Å². The molecule has 0 aromatic heterocycles. The van der Waals surface area contributed by atoms with Gasteiger partial charge in [-0.15, -0.1) is 11.6 Å². The summed E-state index contributed by atoms with van der Waals surface area (Å²) in [6, 6.07) is 0. The molecule has 0 saturated carbocycles. The highest BCUT2D eigenvalue weighted by Crippen LogP contribution is 2.26. The predicted octanol–water partition coefficient (Wildman–Crippen LogP) is 5.04. The van der Waals surface area contributed by atoms with Crippen LogP contribution in [0, 0.1) is 5.41 Å². The third kappa shape index (κ3) is 14.4. The lowest BCUT2D eigenvalue weighted by atomic mass is 9.85. The van der Waals surface area contributed by atoms with Crippen LogP contribution in [0.15, 0.2) is 0 Å². The largest absolute Gasteiger partial charge is 0.379 e. The summed E-state index contributed by atoms with van der Waals surface area (Å²) in [4.78, 5) is 0. The van der Waals surface area contributed by atoms with Crippen molar-refractivity contribution in [3.8, 4) is 0 Å². The van der Waals surface area contributed by atoms with Crippen molar-refractivity contribution in [1.29, 1.82) is 0 Å². The highest BCUT2D eigenvalue weighted by Gasteiger charge is 2.15. The molecule has 2 nitrogen and oxygen atoms in total. The van der Waals surface area contributed by atoms with Gasteiger partial charge in [-0.05, 0) is 31.1 Å². The van der Waals surface area contributed by atoms with E-state index < -0.39 is 0 Å². The molecule has 19 heavy (non-hydrogen) atoms. The quantitative estimate of drug-likeness (QED) is 0.330. The lowest BCUT2D eigenvalue weighted by molar-refractivity contribution is 0.0353. The second-order valence-corrected chi connectivity index (χ2v) is 6.37. The summed E-state index contributed by atoms with van der Waals surface area (Å²) >= 11 is 5.62. The summed E-state index contributed by atoms with van der Waals surface area (Å²) in [5.41, 5.74) is 0.415. The number of hydrogen-bond donors (Lipinski definition) is 0. The Kier molecular flexibility index (Phi) is 13.4. The van der Waals surface area contributed by atoms with E-state index >= 15 is 0 Å². The molecular formula is C16H33ClO2. The fourth-order valence-electron chi connectivity index (χ4n) is 2.12. The molecule has 0 unspecified atom stereocenters. The normalized spacial score (nSPS) is 12.0. The van der Waals surface area contributed by atoms with Gasteiger partial charge in [-0.3, -0.25) is 0 Å². The minimum absolute atomic E-state index is 0.415. The third-order valence-corrected chi connectivity index (χ3v) is 3.66. The molecule has 116 valence electrons. The fraction of sp³-hybridized carbons (Fsp3) is 1.00. The van der Waals surface area contributed by atoms with E-state index in [1.165, 1.54) is 25.7 Å². The fourth-order valence-corrected chi connectivity index (χ4v) is 2.31. The van der Waals surface area contributed by atoms with Crippen LogP contribution in [0.25, 0.3) is 0 Å². The Labute approximate surface area is 125 Å². The zero-order valence-corrected chi connectivity index (χ0v) is 13.9. The Hall–Kier alpha value is 0.210. The van der Waals surface area contributed by atoms with Gasteiger partial charge >= 0.3 is 0 Å². The van der Waals surface area contributed by atoms with Gasteiger partial charge in [0.05, 0.1) is 13.2 Å². The highest BCUT2D eigenvalue weighted by molar-refractivity contribution is 6.17. The molecule has 0 amide bonds. The van der Waals surface area contributed by atoms with Gasteiger partial charge in [0.2, 0.25) is 0 Å². The number of halogens is 1. The summed E-state index contributed by atoms with van der Waals surface area (Å²) in [6.45, 7) is 10.0. The Morgan fingerprint density at radius 1 is 0.789 bits per heavy atom. The molecule has 0 aromatic rings. The smallest absolute Gasteiger partial charge is 0.0700 e. The molecule has 0 N–H and O–H groups in total. The average molecular weight is 293 g/mol. The van der Waals surface area contributed by atoms with E-state index in [4.69, 9.17) is 21.1 Å². The molecule has 0 rings (SSSR count). The van der Waals surface area contributed by atoms with Gasteiger partial charge in [0.25, 0.3) is 0 Å². The van der Waals surface area contributed by atoms with Crippen LogP contribution >= 0.6 is 11.6 Å². The van der Waals surface area contributed by atoms with Gasteiger partial charge in [-0.1, -0.05) is 40.0 Å². The molecule has 0 fully saturated rings. The van der Waals surface area contributed by atoms with E-state index in [1.807, 2.05) is 0 Å². The zero-order valence-electron chi connectivity index (χ0n) is 13.2. The first kappa shape index (κ1) is 19.2. The van der Waals surface area contributed by atoms with E-state index in [9.17, 15) is 0 Å². The van der Waals surface area contributed by atoms with E-state index in [1.54, 1.807) is 0 Å². The van der Waals surface area contributed by atoms with Gasteiger partial charge in [-0.25, -0.2) is 0 Å². The molecule has 3 heteroatoms. The van der Waals surface area contributed by atoms with Crippen molar-refractivity contribution in [3.63, 3.8) is 0 Å². The minimum atomic E-state index is 0.415. The molecule has 0 heterocycles. The van der Waals surface area contributed by atoms with E-state index in [0.717, 1.165) is 51.6 Å². The molecule has 0 spiro atoms. The maximum Gasteiger partial charge on any atom is 0.0700 e. The average Bonchev–Trinajstić information content (AvgIpc) is 2.36. The van der Waals surface area contributed by atoms with Gasteiger partial charge in [0.15, 0.2) is 0 Å². The van der Waals surface area contributed by atoms with Gasteiger partial charge in [0, 0.05) is 19.1 Å². The Balaban J connectivity index is 3.14. The zero-order chi connectivity index (χ0) is 14.4. The number of ether oxygens (including phenoxy) is 2. The van der Waals surface area contributed by atoms with E-state index in [0.29, 0.717) is 5.41 Å². The molecule has 0 aliphatic carbocycles. The Morgan fingerprint density at radius 3 is 2.05 bits per heavy atom. The first-order valence-corrected chi connectivity index (χ1v) is 8.37. The van der Waals surface area contributed by atoms with Gasteiger partial charge < -0.3 is 9.47 Å². The molecule has 0 bridgehead atoms. The van der Waals surface area contributed by atoms with Crippen molar-refractivity contribution in [1.82, 2.24) is 0 Å². The summed E-state index contributed by atoms with van der Waals surface area (Å²) in [7, 11) is 0. The van der Waals surface area contributed by atoms with Crippen LogP contribution in [0.3, 0.4) is 0 Å². The van der Waals surface area contributed by atoms with Crippen LogP contribution in [-0.2, 0) is 9.47 Å². The second kappa shape index (κ2) is 13.2. The number of hydrogen-bond acceptors (Lipinski definition) is 2. The topological polar surface area (TPSA) is 18.5 Å². The number of alkyl halides is 1. The first-order valence-electron chi connectivity index (χ1n) is 7.84.